The SMILES string of the molecule is O=C(CCl)OCl.[H-].[Na+]. The van der Waals surface area contributed by atoms with Crippen molar-refractivity contribution in [2.45, 2.75) is 0 Å². The van der Waals surface area contributed by atoms with Crippen molar-refractivity contribution in [1.82, 2.24) is 0 Å². The molecule has 0 amide bonds. The molecule has 0 aliphatic rings. The molecule has 38 valence electrons. The third kappa shape index (κ3) is 7.05. The van der Waals surface area contributed by atoms with Gasteiger partial charge < -0.3 is 5.72 Å². The first-order valence-corrected chi connectivity index (χ1v) is 2.03. The molecule has 0 unspecified atom stereocenters. The van der Waals surface area contributed by atoms with E-state index >= 15 is 0 Å². The Bertz CT molecular complexity index is 56.0. The Labute approximate surface area is 75.1 Å². The molecule has 0 bridgehead atoms. The van der Waals surface area contributed by atoms with Gasteiger partial charge in [0.05, 0.1) is 0 Å². The van der Waals surface area contributed by atoms with E-state index in [4.69, 9.17) is 11.6 Å². The Balaban J connectivity index is -0.000000125. The van der Waals surface area contributed by atoms with E-state index in [1.165, 1.54) is 0 Å². The summed E-state index contributed by atoms with van der Waals surface area (Å²) < 4.78 is 3.60. The molecule has 2 nitrogen and oxygen atoms in total. The van der Waals surface area contributed by atoms with E-state index in [0.29, 0.717) is 0 Å². The number of carbonyl (C=O) groups excluding carboxylic acids is 1. The van der Waals surface area contributed by atoms with Crippen molar-refractivity contribution in [1.29, 1.82) is 0 Å². The Hall–Kier alpha value is 1.05. The summed E-state index contributed by atoms with van der Waals surface area (Å²) in [4.78, 5) is 9.69. The molecular formula is C2H3Cl2NaO2. The van der Waals surface area contributed by atoms with Gasteiger partial charge in [-0.15, -0.1) is 11.6 Å². The Morgan fingerprint density at radius 2 is 2.29 bits per heavy atom. The van der Waals surface area contributed by atoms with Crippen molar-refractivity contribution in [3.05, 3.63) is 0 Å². The number of alkyl halides is 1. The monoisotopic (exact) mass is 152 g/mol. The molecule has 0 rings (SSSR count). The quantitative estimate of drug-likeness (QED) is 0.323. The van der Waals surface area contributed by atoms with Crippen LogP contribution in [0.3, 0.4) is 0 Å². The zero-order chi connectivity index (χ0) is 4.99. The fourth-order valence-electron chi connectivity index (χ4n) is 0.0206. The zero-order valence-electron chi connectivity index (χ0n) is 4.78. The maximum atomic E-state index is 9.69. The molecule has 0 radical (unpaired) electrons. The van der Waals surface area contributed by atoms with Crippen molar-refractivity contribution < 1.29 is 40.1 Å². The summed E-state index contributed by atoms with van der Waals surface area (Å²) in [5, 5.41) is 0. The number of hydrogen-bond acceptors (Lipinski definition) is 2. The molecule has 0 aromatic heterocycles. The number of rotatable bonds is 1. The first-order valence-electron chi connectivity index (χ1n) is 1.18. The molecule has 7 heavy (non-hydrogen) atoms. The summed E-state index contributed by atoms with van der Waals surface area (Å²) in [5.41, 5.74) is 0. The molecule has 0 heterocycles. The van der Waals surface area contributed by atoms with Gasteiger partial charge in [-0.25, -0.2) is 4.79 Å². The fraction of sp³-hybridized carbons (Fsp3) is 0.500. The van der Waals surface area contributed by atoms with E-state index in [-0.39, 0.29) is 36.9 Å². The zero-order valence-corrected chi connectivity index (χ0v) is 7.29. The van der Waals surface area contributed by atoms with Gasteiger partial charge >= 0.3 is 35.5 Å². The van der Waals surface area contributed by atoms with Gasteiger partial charge in [-0.3, -0.25) is 0 Å². The van der Waals surface area contributed by atoms with E-state index < -0.39 is 5.97 Å². The average Bonchev–Trinajstić information content (AvgIpc) is 1.65. The summed E-state index contributed by atoms with van der Waals surface area (Å²) in [6.07, 6.45) is 0. The topological polar surface area (TPSA) is 26.3 Å². The van der Waals surface area contributed by atoms with Gasteiger partial charge in [-0.2, -0.15) is 0 Å². The minimum absolute atomic E-state index is 0. The van der Waals surface area contributed by atoms with Gasteiger partial charge in [0.25, 0.3) is 0 Å². The Morgan fingerprint density at radius 1 is 1.86 bits per heavy atom. The van der Waals surface area contributed by atoms with E-state index in [0.717, 1.165) is 0 Å². The van der Waals surface area contributed by atoms with Crippen molar-refractivity contribution >= 4 is 29.4 Å². The van der Waals surface area contributed by atoms with Crippen molar-refractivity contribution in [2.75, 3.05) is 5.88 Å². The van der Waals surface area contributed by atoms with E-state index in [9.17, 15) is 4.79 Å². The molecule has 5 heteroatoms. The normalized spacial score (nSPS) is 6.57. The van der Waals surface area contributed by atoms with Crippen LogP contribution in [0.4, 0.5) is 0 Å². The number of hydrogen-bond donors (Lipinski definition) is 0. The van der Waals surface area contributed by atoms with Crippen molar-refractivity contribution in [2.24, 2.45) is 0 Å². The molecule has 0 fully saturated rings. The second kappa shape index (κ2) is 7.05. The predicted octanol–water partition coefficient (Wildman–Crippen LogP) is -1.96. The van der Waals surface area contributed by atoms with Crippen LogP contribution in [0.1, 0.15) is 1.43 Å². The largest absolute Gasteiger partial charge is 1.00 e. The van der Waals surface area contributed by atoms with Crippen LogP contribution in [0, 0.1) is 0 Å². The molecule has 0 atom stereocenters. The van der Waals surface area contributed by atoms with Gasteiger partial charge in [0, 0.05) is 0 Å². The third-order valence-corrected chi connectivity index (χ3v) is 0.585. The van der Waals surface area contributed by atoms with Crippen LogP contribution in [0.5, 0.6) is 0 Å². The van der Waals surface area contributed by atoms with Crippen LogP contribution in [0.25, 0.3) is 0 Å². The first kappa shape index (κ1) is 10.9. The summed E-state index contributed by atoms with van der Waals surface area (Å²) in [7, 11) is 0. The van der Waals surface area contributed by atoms with Crippen molar-refractivity contribution in [3.63, 3.8) is 0 Å². The van der Waals surface area contributed by atoms with Crippen LogP contribution >= 0.6 is 23.5 Å². The van der Waals surface area contributed by atoms with Crippen LogP contribution < -0.4 is 29.6 Å². The van der Waals surface area contributed by atoms with Crippen LogP contribution in [0.15, 0.2) is 0 Å². The third-order valence-electron chi connectivity index (χ3n) is 0.195. The molecule has 0 aromatic rings. The summed E-state index contributed by atoms with van der Waals surface area (Å²) >= 11 is 9.41. The van der Waals surface area contributed by atoms with Gasteiger partial charge in [-0.05, 0) is 0 Å². The molecule has 0 spiro atoms. The number of halogens is 2. The van der Waals surface area contributed by atoms with Crippen molar-refractivity contribution in [3.8, 4) is 0 Å². The van der Waals surface area contributed by atoms with Gasteiger partial charge in [0.15, 0.2) is 0 Å². The molecule has 0 aromatic carbocycles. The Kier molecular flexibility index (Phi) is 11.0. The van der Waals surface area contributed by atoms with E-state index in [2.05, 4.69) is 16.2 Å². The smallest absolute Gasteiger partial charge is 1.00 e. The molecule has 0 aliphatic heterocycles. The standard InChI is InChI=1S/C2H2Cl2O2.Na.H/c3-1-2(5)6-4;;/h1H2;;/q;+1;-1. The second-order valence-electron chi connectivity index (χ2n) is 0.583. The summed E-state index contributed by atoms with van der Waals surface area (Å²) in [5.74, 6) is -0.818. The number of carbonyl (C=O) groups is 1. The average molecular weight is 153 g/mol. The minimum Gasteiger partial charge on any atom is -1.00 e. The minimum atomic E-state index is -0.627. The first-order chi connectivity index (χ1) is 2.81. The molecule has 0 saturated carbocycles. The second-order valence-corrected chi connectivity index (χ2v) is 1.00. The molecule has 0 aliphatic carbocycles. The van der Waals surface area contributed by atoms with Crippen LogP contribution in [-0.2, 0) is 9.08 Å². The van der Waals surface area contributed by atoms with Gasteiger partial charge in [0.2, 0.25) is 0 Å². The molecular weight excluding hydrogens is 150 g/mol. The molecule has 0 saturated heterocycles. The van der Waals surface area contributed by atoms with E-state index in [1.54, 1.807) is 0 Å². The van der Waals surface area contributed by atoms with E-state index in [1.807, 2.05) is 0 Å². The Morgan fingerprint density at radius 3 is 2.29 bits per heavy atom. The van der Waals surface area contributed by atoms with Gasteiger partial charge in [-0.1, -0.05) is 0 Å². The maximum absolute atomic E-state index is 9.69. The summed E-state index contributed by atoms with van der Waals surface area (Å²) in [6.45, 7) is 0. The summed E-state index contributed by atoms with van der Waals surface area (Å²) in [6, 6.07) is 0. The van der Waals surface area contributed by atoms with Crippen LogP contribution in [-0.4, -0.2) is 11.8 Å². The maximum Gasteiger partial charge on any atom is 1.00 e. The molecule has 0 N–H and O–H groups in total. The predicted molar refractivity (Wildman–Crippen MR) is 23.8 cm³/mol. The van der Waals surface area contributed by atoms with Crippen LogP contribution in [0.2, 0.25) is 0 Å². The van der Waals surface area contributed by atoms with Gasteiger partial charge in [0.1, 0.15) is 17.7 Å². The fourth-order valence-corrected chi connectivity index (χ4v) is 0.186.